The Hall–Kier alpha value is -2.34. The van der Waals surface area contributed by atoms with E-state index in [2.05, 4.69) is 14.7 Å². The number of nitrogens with zero attached hydrogens (tertiary/aromatic N) is 1. The first-order valence-corrected chi connectivity index (χ1v) is 5.79. The third-order valence-corrected chi connectivity index (χ3v) is 2.82. The number of H-pyrrole nitrogens is 1. The summed E-state index contributed by atoms with van der Waals surface area (Å²) in [5, 5.41) is 4.46. The summed E-state index contributed by atoms with van der Waals surface area (Å²) in [6.07, 6.45) is 1.44. The molecule has 0 unspecified atom stereocenters. The lowest BCUT2D eigenvalue weighted by atomic mass is 10.2. The SMILES string of the molecule is NCc1cc2cc(F)c(OCc3ccon3)cc2[nH]1. The molecule has 6 heteroatoms. The Bertz CT molecular complexity index is 691. The van der Waals surface area contributed by atoms with Crippen molar-refractivity contribution in [1.82, 2.24) is 10.1 Å². The molecule has 0 amide bonds. The van der Waals surface area contributed by atoms with Crippen molar-refractivity contribution in [2.24, 2.45) is 5.73 Å². The number of hydrogen-bond acceptors (Lipinski definition) is 4. The largest absolute Gasteiger partial charge is 0.484 e. The van der Waals surface area contributed by atoms with Gasteiger partial charge >= 0.3 is 0 Å². The Kier molecular flexibility index (Phi) is 2.92. The summed E-state index contributed by atoms with van der Waals surface area (Å²) < 4.78 is 23.9. The van der Waals surface area contributed by atoms with Crippen LogP contribution in [0.15, 0.2) is 35.1 Å². The number of hydrogen-bond donors (Lipinski definition) is 2. The second-order valence-corrected chi connectivity index (χ2v) is 4.15. The zero-order valence-corrected chi connectivity index (χ0v) is 10.0. The minimum absolute atomic E-state index is 0.156. The maximum Gasteiger partial charge on any atom is 0.165 e. The molecule has 3 aromatic rings. The van der Waals surface area contributed by atoms with E-state index in [0.717, 1.165) is 16.6 Å². The summed E-state index contributed by atoms with van der Waals surface area (Å²) in [7, 11) is 0. The van der Waals surface area contributed by atoms with Gasteiger partial charge in [0.25, 0.3) is 0 Å². The molecule has 19 heavy (non-hydrogen) atoms. The van der Waals surface area contributed by atoms with E-state index >= 15 is 0 Å². The van der Waals surface area contributed by atoms with Crippen LogP contribution >= 0.6 is 0 Å². The van der Waals surface area contributed by atoms with Crippen LogP contribution in [0.1, 0.15) is 11.4 Å². The van der Waals surface area contributed by atoms with Crippen LogP contribution in [0.4, 0.5) is 4.39 Å². The molecule has 2 aromatic heterocycles. The summed E-state index contributed by atoms with van der Waals surface area (Å²) in [5.41, 5.74) is 7.78. The van der Waals surface area contributed by atoms with E-state index in [0.29, 0.717) is 12.2 Å². The molecule has 0 spiro atoms. The molecule has 0 radical (unpaired) electrons. The zero-order valence-electron chi connectivity index (χ0n) is 10.0. The fourth-order valence-electron chi connectivity index (χ4n) is 1.88. The predicted octanol–water partition coefficient (Wildman–Crippen LogP) is 2.33. The molecular formula is C13H12FN3O2. The number of rotatable bonds is 4. The molecule has 0 atom stereocenters. The maximum atomic E-state index is 13.8. The van der Waals surface area contributed by atoms with Crippen molar-refractivity contribution >= 4 is 10.9 Å². The molecule has 5 nitrogen and oxygen atoms in total. The van der Waals surface area contributed by atoms with Crippen molar-refractivity contribution in [3.05, 3.63) is 47.7 Å². The van der Waals surface area contributed by atoms with Crippen LogP contribution in [0.3, 0.4) is 0 Å². The van der Waals surface area contributed by atoms with Crippen molar-refractivity contribution in [1.29, 1.82) is 0 Å². The summed E-state index contributed by atoms with van der Waals surface area (Å²) in [6, 6.07) is 6.52. The van der Waals surface area contributed by atoms with Gasteiger partial charge in [0.05, 0.1) is 0 Å². The highest BCUT2D eigenvalue weighted by molar-refractivity contribution is 5.82. The highest BCUT2D eigenvalue weighted by Gasteiger charge is 2.09. The van der Waals surface area contributed by atoms with E-state index in [-0.39, 0.29) is 12.4 Å². The van der Waals surface area contributed by atoms with E-state index in [1.165, 1.54) is 12.3 Å². The van der Waals surface area contributed by atoms with E-state index < -0.39 is 5.82 Å². The Balaban J connectivity index is 1.88. The smallest absolute Gasteiger partial charge is 0.165 e. The lowest BCUT2D eigenvalue weighted by Crippen LogP contribution is -1.97. The Morgan fingerprint density at radius 2 is 2.26 bits per heavy atom. The number of aromatic amines is 1. The fraction of sp³-hybridized carbons (Fsp3) is 0.154. The molecule has 0 saturated heterocycles. The van der Waals surface area contributed by atoms with Crippen LogP contribution in [0, 0.1) is 5.82 Å². The van der Waals surface area contributed by atoms with E-state index in [1.807, 2.05) is 6.07 Å². The number of halogens is 1. The van der Waals surface area contributed by atoms with Crippen molar-refractivity contribution in [3.8, 4) is 5.75 Å². The lowest BCUT2D eigenvalue weighted by Gasteiger charge is -2.05. The number of fused-ring (bicyclic) bond motifs is 1. The first kappa shape index (κ1) is 11.7. The standard InChI is InChI=1S/C13H12FN3O2/c14-11-4-8-3-10(6-15)16-12(8)5-13(11)18-7-9-1-2-19-17-9/h1-5,16H,6-7,15H2. The van der Waals surface area contributed by atoms with Gasteiger partial charge in [-0.05, 0) is 12.1 Å². The predicted molar refractivity (Wildman–Crippen MR) is 67.0 cm³/mol. The number of aromatic nitrogens is 2. The molecule has 98 valence electrons. The van der Waals surface area contributed by atoms with E-state index in [9.17, 15) is 4.39 Å². The average molecular weight is 261 g/mol. The van der Waals surface area contributed by atoms with Crippen LogP contribution in [0.25, 0.3) is 10.9 Å². The van der Waals surface area contributed by atoms with Crippen LogP contribution in [-0.2, 0) is 13.2 Å². The second-order valence-electron chi connectivity index (χ2n) is 4.15. The molecule has 0 aliphatic heterocycles. The van der Waals surface area contributed by atoms with Crippen molar-refractivity contribution in [2.75, 3.05) is 0 Å². The Morgan fingerprint density at radius 3 is 3.00 bits per heavy atom. The van der Waals surface area contributed by atoms with Gasteiger partial charge in [-0.3, -0.25) is 0 Å². The van der Waals surface area contributed by atoms with Gasteiger partial charge in [0.1, 0.15) is 18.6 Å². The summed E-state index contributed by atoms with van der Waals surface area (Å²) in [6.45, 7) is 0.537. The first-order valence-electron chi connectivity index (χ1n) is 5.79. The molecule has 3 rings (SSSR count). The number of benzene rings is 1. The van der Waals surface area contributed by atoms with Crippen LogP contribution in [-0.4, -0.2) is 10.1 Å². The third kappa shape index (κ3) is 2.30. The monoisotopic (exact) mass is 261 g/mol. The van der Waals surface area contributed by atoms with Gasteiger partial charge in [-0.15, -0.1) is 0 Å². The van der Waals surface area contributed by atoms with Crippen LogP contribution in [0.2, 0.25) is 0 Å². The minimum atomic E-state index is -0.418. The lowest BCUT2D eigenvalue weighted by molar-refractivity contribution is 0.276. The number of nitrogens with two attached hydrogens (primary N) is 1. The molecule has 1 aromatic carbocycles. The molecule has 2 heterocycles. The highest BCUT2D eigenvalue weighted by atomic mass is 19.1. The number of nitrogens with one attached hydrogen (secondary N) is 1. The van der Waals surface area contributed by atoms with Crippen molar-refractivity contribution in [2.45, 2.75) is 13.2 Å². The molecule has 0 bridgehead atoms. The quantitative estimate of drug-likeness (QED) is 0.755. The van der Waals surface area contributed by atoms with Gasteiger partial charge in [0, 0.05) is 35.3 Å². The zero-order chi connectivity index (χ0) is 13.2. The van der Waals surface area contributed by atoms with Gasteiger partial charge in [0.15, 0.2) is 11.6 Å². The van der Waals surface area contributed by atoms with E-state index in [1.54, 1.807) is 12.1 Å². The summed E-state index contributed by atoms with van der Waals surface area (Å²) in [4.78, 5) is 3.10. The molecular weight excluding hydrogens is 249 g/mol. The van der Waals surface area contributed by atoms with E-state index in [4.69, 9.17) is 10.5 Å². The Morgan fingerprint density at radius 1 is 1.37 bits per heavy atom. The first-order chi connectivity index (χ1) is 9.26. The fourth-order valence-corrected chi connectivity index (χ4v) is 1.88. The minimum Gasteiger partial charge on any atom is -0.484 e. The summed E-state index contributed by atoms with van der Waals surface area (Å²) >= 11 is 0. The second kappa shape index (κ2) is 4.74. The van der Waals surface area contributed by atoms with Gasteiger partial charge < -0.3 is 20.0 Å². The Labute approximate surface area is 108 Å². The third-order valence-electron chi connectivity index (χ3n) is 2.82. The molecule has 0 aliphatic carbocycles. The maximum absolute atomic E-state index is 13.8. The normalized spacial score (nSPS) is 11.1. The molecule has 0 fully saturated rings. The van der Waals surface area contributed by atoms with Crippen molar-refractivity contribution in [3.63, 3.8) is 0 Å². The van der Waals surface area contributed by atoms with Crippen molar-refractivity contribution < 1.29 is 13.7 Å². The highest BCUT2D eigenvalue weighted by Crippen LogP contribution is 2.25. The van der Waals surface area contributed by atoms with Gasteiger partial charge in [-0.2, -0.15) is 0 Å². The molecule has 3 N–H and O–H groups in total. The number of ether oxygens (including phenoxy) is 1. The van der Waals surface area contributed by atoms with Gasteiger partial charge in [-0.1, -0.05) is 5.16 Å². The van der Waals surface area contributed by atoms with Gasteiger partial charge in [0.2, 0.25) is 0 Å². The summed E-state index contributed by atoms with van der Waals surface area (Å²) in [5.74, 6) is -0.250. The topological polar surface area (TPSA) is 77.1 Å². The van der Waals surface area contributed by atoms with Crippen LogP contribution < -0.4 is 10.5 Å². The average Bonchev–Trinajstić information content (AvgIpc) is 3.04. The van der Waals surface area contributed by atoms with Gasteiger partial charge in [-0.25, -0.2) is 4.39 Å². The molecule has 0 aliphatic rings. The van der Waals surface area contributed by atoms with Crippen LogP contribution in [0.5, 0.6) is 5.75 Å². The molecule has 0 saturated carbocycles.